The Hall–Kier alpha value is -1.33. The van der Waals surface area contributed by atoms with Crippen molar-refractivity contribution in [2.75, 3.05) is 11.9 Å². The molecule has 0 unspecified atom stereocenters. The molecule has 0 radical (unpaired) electrons. The smallest absolute Gasteiger partial charge is 0.170 e. The first-order chi connectivity index (χ1) is 9.24. The maximum atomic E-state index is 5.27. The van der Waals surface area contributed by atoms with Crippen LogP contribution in [0.2, 0.25) is 0 Å². The number of aryl methyl sites for hydroxylation is 1. The molecule has 0 bridgehead atoms. The van der Waals surface area contributed by atoms with Crippen LogP contribution in [0, 0.1) is 0 Å². The SMILES string of the molecule is S=C(NCCCc1ccco1)Nc1ccc(Br)cc1. The Morgan fingerprint density at radius 2 is 2.00 bits per heavy atom. The van der Waals surface area contributed by atoms with E-state index in [0.29, 0.717) is 5.11 Å². The van der Waals surface area contributed by atoms with E-state index in [1.54, 1.807) is 6.26 Å². The zero-order chi connectivity index (χ0) is 13.5. The minimum Gasteiger partial charge on any atom is -0.469 e. The van der Waals surface area contributed by atoms with Crippen molar-refractivity contribution in [3.8, 4) is 0 Å². The molecule has 3 nitrogen and oxygen atoms in total. The van der Waals surface area contributed by atoms with Crippen LogP contribution in [0.5, 0.6) is 0 Å². The van der Waals surface area contributed by atoms with Crippen LogP contribution < -0.4 is 10.6 Å². The Kier molecular flexibility index (Phi) is 5.42. The van der Waals surface area contributed by atoms with Gasteiger partial charge in [-0.1, -0.05) is 15.9 Å². The average Bonchev–Trinajstić information content (AvgIpc) is 2.91. The molecular weight excluding hydrogens is 324 g/mol. The van der Waals surface area contributed by atoms with E-state index in [4.69, 9.17) is 16.6 Å². The summed E-state index contributed by atoms with van der Waals surface area (Å²) in [5, 5.41) is 6.95. The lowest BCUT2D eigenvalue weighted by molar-refractivity contribution is 0.501. The van der Waals surface area contributed by atoms with E-state index in [9.17, 15) is 0 Å². The molecule has 5 heteroatoms. The van der Waals surface area contributed by atoms with Crippen LogP contribution in [0.1, 0.15) is 12.2 Å². The lowest BCUT2D eigenvalue weighted by Crippen LogP contribution is -2.29. The van der Waals surface area contributed by atoms with Gasteiger partial charge in [0.05, 0.1) is 6.26 Å². The monoisotopic (exact) mass is 338 g/mol. The fraction of sp³-hybridized carbons (Fsp3) is 0.214. The molecule has 0 aliphatic rings. The lowest BCUT2D eigenvalue weighted by atomic mass is 10.2. The van der Waals surface area contributed by atoms with Crippen LogP contribution in [0.3, 0.4) is 0 Å². The normalized spacial score (nSPS) is 10.2. The van der Waals surface area contributed by atoms with E-state index in [1.165, 1.54) is 0 Å². The van der Waals surface area contributed by atoms with Gasteiger partial charge in [0, 0.05) is 23.1 Å². The van der Waals surface area contributed by atoms with Gasteiger partial charge in [0.25, 0.3) is 0 Å². The van der Waals surface area contributed by atoms with Gasteiger partial charge in [0.15, 0.2) is 5.11 Å². The zero-order valence-electron chi connectivity index (χ0n) is 10.4. The average molecular weight is 339 g/mol. The van der Waals surface area contributed by atoms with Crippen LogP contribution in [0.25, 0.3) is 0 Å². The van der Waals surface area contributed by atoms with Crippen molar-refractivity contribution >= 4 is 38.9 Å². The Morgan fingerprint density at radius 3 is 2.68 bits per heavy atom. The quantitative estimate of drug-likeness (QED) is 0.639. The highest BCUT2D eigenvalue weighted by Crippen LogP contribution is 2.13. The third kappa shape index (κ3) is 5.04. The summed E-state index contributed by atoms with van der Waals surface area (Å²) in [6.45, 7) is 0.822. The van der Waals surface area contributed by atoms with Crippen molar-refractivity contribution in [3.63, 3.8) is 0 Å². The number of nitrogens with one attached hydrogen (secondary N) is 2. The molecule has 0 amide bonds. The van der Waals surface area contributed by atoms with Crippen molar-refractivity contribution in [3.05, 3.63) is 52.9 Å². The van der Waals surface area contributed by atoms with E-state index < -0.39 is 0 Å². The fourth-order valence-corrected chi connectivity index (χ4v) is 2.11. The van der Waals surface area contributed by atoms with Crippen molar-refractivity contribution in [2.45, 2.75) is 12.8 Å². The first-order valence-corrected chi connectivity index (χ1v) is 7.27. The Morgan fingerprint density at radius 1 is 1.21 bits per heavy atom. The molecule has 2 rings (SSSR count). The van der Waals surface area contributed by atoms with Gasteiger partial charge < -0.3 is 15.1 Å². The molecule has 1 aromatic carbocycles. The van der Waals surface area contributed by atoms with E-state index in [2.05, 4.69) is 26.6 Å². The summed E-state index contributed by atoms with van der Waals surface area (Å²) in [5.41, 5.74) is 0.978. The molecule has 0 aliphatic carbocycles. The molecule has 0 fully saturated rings. The molecule has 0 saturated carbocycles. The second-order valence-corrected chi connectivity index (χ2v) is 5.39. The van der Waals surface area contributed by atoms with Gasteiger partial charge in [0.2, 0.25) is 0 Å². The molecule has 1 aromatic heterocycles. The minimum atomic E-state index is 0.641. The zero-order valence-corrected chi connectivity index (χ0v) is 12.8. The van der Waals surface area contributed by atoms with Crippen LogP contribution >= 0.6 is 28.1 Å². The highest BCUT2D eigenvalue weighted by atomic mass is 79.9. The summed E-state index contributed by atoms with van der Waals surface area (Å²) < 4.78 is 6.32. The Bertz CT molecular complexity index is 511. The molecule has 0 aliphatic heterocycles. The van der Waals surface area contributed by atoms with Gasteiger partial charge >= 0.3 is 0 Å². The number of hydrogen-bond donors (Lipinski definition) is 2. The number of furan rings is 1. The number of thiocarbonyl (C=S) groups is 1. The molecule has 1 heterocycles. The second-order valence-electron chi connectivity index (χ2n) is 4.07. The van der Waals surface area contributed by atoms with E-state index in [0.717, 1.165) is 35.3 Å². The highest BCUT2D eigenvalue weighted by Gasteiger charge is 1.98. The molecule has 100 valence electrons. The number of anilines is 1. The van der Waals surface area contributed by atoms with Gasteiger partial charge in [-0.25, -0.2) is 0 Å². The Labute approximate surface area is 126 Å². The van der Waals surface area contributed by atoms with E-state index in [1.807, 2.05) is 36.4 Å². The van der Waals surface area contributed by atoms with Gasteiger partial charge in [-0.2, -0.15) is 0 Å². The Balaban J connectivity index is 1.65. The van der Waals surface area contributed by atoms with Gasteiger partial charge in [0.1, 0.15) is 5.76 Å². The first-order valence-electron chi connectivity index (χ1n) is 6.07. The maximum Gasteiger partial charge on any atom is 0.170 e. The summed E-state index contributed by atoms with van der Waals surface area (Å²) in [6.07, 6.45) is 3.60. The summed E-state index contributed by atoms with van der Waals surface area (Å²) >= 11 is 8.62. The molecular formula is C14H15BrN2OS. The predicted molar refractivity (Wildman–Crippen MR) is 85.4 cm³/mol. The molecule has 2 N–H and O–H groups in total. The van der Waals surface area contributed by atoms with Crippen molar-refractivity contribution in [2.24, 2.45) is 0 Å². The van der Waals surface area contributed by atoms with Crippen molar-refractivity contribution < 1.29 is 4.42 Å². The van der Waals surface area contributed by atoms with Crippen LogP contribution in [0.4, 0.5) is 5.69 Å². The summed E-state index contributed by atoms with van der Waals surface area (Å²) in [7, 11) is 0. The number of benzene rings is 1. The third-order valence-electron chi connectivity index (χ3n) is 2.57. The van der Waals surface area contributed by atoms with Crippen LogP contribution in [-0.4, -0.2) is 11.7 Å². The largest absolute Gasteiger partial charge is 0.469 e. The topological polar surface area (TPSA) is 37.2 Å². The fourth-order valence-electron chi connectivity index (χ4n) is 1.63. The van der Waals surface area contributed by atoms with Crippen LogP contribution in [-0.2, 0) is 6.42 Å². The molecule has 19 heavy (non-hydrogen) atoms. The van der Waals surface area contributed by atoms with Crippen molar-refractivity contribution in [1.29, 1.82) is 0 Å². The summed E-state index contributed by atoms with van der Waals surface area (Å²) in [6, 6.07) is 11.8. The lowest BCUT2D eigenvalue weighted by Gasteiger charge is -2.10. The highest BCUT2D eigenvalue weighted by molar-refractivity contribution is 9.10. The standard InChI is InChI=1S/C14H15BrN2OS/c15-11-5-7-12(8-6-11)17-14(19)16-9-1-3-13-4-2-10-18-13/h2,4-8,10H,1,3,9H2,(H2,16,17,19). The molecule has 0 atom stereocenters. The summed E-state index contributed by atoms with van der Waals surface area (Å²) in [5.74, 6) is 1.01. The molecule has 2 aromatic rings. The van der Waals surface area contributed by atoms with Gasteiger partial charge in [-0.3, -0.25) is 0 Å². The minimum absolute atomic E-state index is 0.641. The van der Waals surface area contributed by atoms with Gasteiger partial charge in [-0.05, 0) is 55.0 Å². The maximum absolute atomic E-state index is 5.27. The molecule has 0 saturated heterocycles. The van der Waals surface area contributed by atoms with E-state index in [-0.39, 0.29) is 0 Å². The van der Waals surface area contributed by atoms with Crippen molar-refractivity contribution in [1.82, 2.24) is 5.32 Å². The predicted octanol–water partition coefficient (Wildman–Crippen LogP) is 3.96. The number of rotatable bonds is 5. The third-order valence-corrected chi connectivity index (χ3v) is 3.34. The first kappa shape index (κ1) is 14.1. The summed E-state index contributed by atoms with van der Waals surface area (Å²) in [4.78, 5) is 0. The number of halogens is 1. The number of hydrogen-bond acceptors (Lipinski definition) is 2. The molecule has 0 spiro atoms. The van der Waals surface area contributed by atoms with Crippen LogP contribution in [0.15, 0.2) is 51.6 Å². The second kappa shape index (κ2) is 7.31. The van der Waals surface area contributed by atoms with E-state index >= 15 is 0 Å². The van der Waals surface area contributed by atoms with Gasteiger partial charge in [-0.15, -0.1) is 0 Å².